The summed E-state index contributed by atoms with van der Waals surface area (Å²) in [5.41, 5.74) is 5.56. The van der Waals surface area contributed by atoms with Gasteiger partial charge in [-0.1, -0.05) is 18.5 Å². The Kier molecular flexibility index (Phi) is 4.92. The van der Waals surface area contributed by atoms with Crippen LogP contribution in [0, 0.1) is 11.7 Å². The first kappa shape index (κ1) is 16.7. The molecule has 1 saturated heterocycles. The predicted octanol–water partition coefficient (Wildman–Crippen LogP) is 2.75. The van der Waals surface area contributed by atoms with E-state index in [4.69, 9.17) is 17.3 Å². The van der Waals surface area contributed by atoms with E-state index in [0.717, 1.165) is 18.9 Å². The van der Waals surface area contributed by atoms with Gasteiger partial charge in [0.05, 0.1) is 0 Å². The zero-order valence-corrected chi connectivity index (χ0v) is 13.7. The van der Waals surface area contributed by atoms with Crippen LogP contribution in [0.1, 0.15) is 32.3 Å². The molecule has 1 fully saturated rings. The highest BCUT2D eigenvalue weighted by atomic mass is 35.5. The van der Waals surface area contributed by atoms with E-state index >= 15 is 0 Å². The summed E-state index contributed by atoms with van der Waals surface area (Å²) < 4.78 is 41.2. The molecule has 0 aliphatic carbocycles. The molecule has 2 atom stereocenters. The molecule has 1 heterocycles. The number of nitrogens with zero attached hydrogens (tertiary/aromatic N) is 1. The first-order valence-electron chi connectivity index (χ1n) is 6.97. The molecule has 0 amide bonds. The van der Waals surface area contributed by atoms with Crippen molar-refractivity contribution in [3.63, 3.8) is 0 Å². The van der Waals surface area contributed by atoms with Crippen molar-refractivity contribution in [3.8, 4) is 0 Å². The summed E-state index contributed by atoms with van der Waals surface area (Å²) in [5, 5.41) is 0.174. The van der Waals surface area contributed by atoms with Gasteiger partial charge in [0.15, 0.2) is 0 Å². The zero-order chi connectivity index (χ0) is 15.8. The molecule has 0 radical (unpaired) electrons. The highest BCUT2D eigenvalue weighted by Gasteiger charge is 2.35. The summed E-state index contributed by atoms with van der Waals surface area (Å²) in [6.07, 6.45) is 1.54. The van der Waals surface area contributed by atoms with E-state index in [1.54, 1.807) is 0 Å². The van der Waals surface area contributed by atoms with E-state index < -0.39 is 15.8 Å². The van der Waals surface area contributed by atoms with Crippen molar-refractivity contribution in [1.82, 2.24) is 4.31 Å². The Morgan fingerprint density at radius 3 is 2.67 bits per heavy atom. The summed E-state index contributed by atoms with van der Waals surface area (Å²) in [7, 11) is -3.90. The summed E-state index contributed by atoms with van der Waals surface area (Å²) in [6, 6.07) is 2.37. The van der Waals surface area contributed by atoms with Crippen molar-refractivity contribution in [1.29, 1.82) is 0 Å². The van der Waals surface area contributed by atoms with Gasteiger partial charge in [0.1, 0.15) is 10.7 Å². The lowest BCUT2D eigenvalue weighted by Crippen LogP contribution is -2.44. The Morgan fingerprint density at radius 1 is 1.43 bits per heavy atom. The van der Waals surface area contributed by atoms with Crippen LogP contribution in [-0.4, -0.2) is 25.3 Å². The van der Waals surface area contributed by atoms with Gasteiger partial charge in [-0.15, -0.1) is 0 Å². The molecule has 1 aromatic carbocycles. The molecule has 0 bridgehead atoms. The maximum atomic E-state index is 14.4. The van der Waals surface area contributed by atoms with Crippen LogP contribution in [0.5, 0.6) is 0 Å². The summed E-state index contributed by atoms with van der Waals surface area (Å²) >= 11 is 5.90. The molecular formula is C14H20ClFN2O2S. The summed E-state index contributed by atoms with van der Waals surface area (Å²) in [5.74, 6) is -0.331. The fourth-order valence-corrected chi connectivity index (χ4v) is 4.92. The third-order valence-corrected chi connectivity index (χ3v) is 6.19. The Labute approximate surface area is 130 Å². The fourth-order valence-electron chi connectivity index (χ4n) is 2.82. The van der Waals surface area contributed by atoms with Crippen molar-refractivity contribution in [3.05, 3.63) is 28.5 Å². The molecule has 2 N–H and O–H groups in total. The molecule has 118 valence electrons. The molecule has 0 spiro atoms. The van der Waals surface area contributed by atoms with Crippen LogP contribution in [0.15, 0.2) is 17.0 Å². The van der Waals surface area contributed by atoms with Crippen LogP contribution >= 0.6 is 11.6 Å². The SMILES string of the molecule is CC1CCN(S(=O)(=O)c2cc(Cl)cc(CN)c2F)C(C)C1. The van der Waals surface area contributed by atoms with Crippen LogP contribution in [0.4, 0.5) is 4.39 Å². The van der Waals surface area contributed by atoms with Crippen molar-refractivity contribution in [2.24, 2.45) is 11.7 Å². The second-order valence-electron chi connectivity index (χ2n) is 5.68. The van der Waals surface area contributed by atoms with E-state index in [-0.39, 0.29) is 28.1 Å². The van der Waals surface area contributed by atoms with Crippen molar-refractivity contribution < 1.29 is 12.8 Å². The van der Waals surface area contributed by atoms with Gasteiger partial charge in [-0.05, 0) is 37.8 Å². The van der Waals surface area contributed by atoms with E-state index in [9.17, 15) is 12.8 Å². The second-order valence-corrected chi connectivity index (χ2v) is 7.97. The van der Waals surface area contributed by atoms with Gasteiger partial charge >= 0.3 is 0 Å². The van der Waals surface area contributed by atoms with Gasteiger partial charge in [0, 0.05) is 29.7 Å². The van der Waals surface area contributed by atoms with Crippen molar-refractivity contribution in [2.75, 3.05) is 6.54 Å². The van der Waals surface area contributed by atoms with E-state index in [1.165, 1.54) is 10.4 Å². The van der Waals surface area contributed by atoms with Gasteiger partial charge < -0.3 is 5.73 Å². The average molecular weight is 335 g/mol. The standard InChI is InChI=1S/C14H20ClFN2O2S/c1-9-3-4-18(10(2)5-9)21(19,20)13-7-12(15)6-11(8-17)14(13)16/h6-7,9-10H,3-5,8,17H2,1-2H3. The first-order chi connectivity index (χ1) is 9.77. The average Bonchev–Trinajstić information content (AvgIpc) is 2.40. The molecule has 0 saturated carbocycles. The van der Waals surface area contributed by atoms with Gasteiger partial charge in [-0.3, -0.25) is 0 Å². The highest BCUT2D eigenvalue weighted by Crippen LogP contribution is 2.31. The molecule has 4 nitrogen and oxygen atoms in total. The van der Waals surface area contributed by atoms with Gasteiger partial charge in [0.25, 0.3) is 0 Å². The molecule has 1 aliphatic rings. The Balaban J connectivity index is 2.47. The van der Waals surface area contributed by atoms with Crippen molar-refractivity contribution >= 4 is 21.6 Å². The van der Waals surface area contributed by atoms with Crippen LogP contribution in [0.25, 0.3) is 0 Å². The summed E-state index contributed by atoms with van der Waals surface area (Å²) in [6.45, 7) is 4.24. The summed E-state index contributed by atoms with van der Waals surface area (Å²) in [4.78, 5) is -0.378. The largest absolute Gasteiger partial charge is 0.326 e. The lowest BCUT2D eigenvalue weighted by atomic mass is 9.95. The van der Waals surface area contributed by atoms with Crippen LogP contribution < -0.4 is 5.73 Å². The number of halogens is 2. The fraction of sp³-hybridized carbons (Fsp3) is 0.571. The van der Waals surface area contributed by atoms with Crippen LogP contribution in [-0.2, 0) is 16.6 Å². The Hall–Kier alpha value is -0.690. The number of hydrogen-bond donors (Lipinski definition) is 1. The minimum absolute atomic E-state index is 0.0957. The zero-order valence-electron chi connectivity index (χ0n) is 12.1. The third-order valence-electron chi connectivity index (χ3n) is 3.96. The number of nitrogens with two attached hydrogens (primary N) is 1. The molecular weight excluding hydrogens is 315 g/mol. The van der Waals surface area contributed by atoms with Gasteiger partial charge in [0.2, 0.25) is 10.0 Å². The number of rotatable bonds is 3. The lowest BCUT2D eigenvalue weighted by molar-refractivity contribution is 0.219. The minimum Gasteiger partial charge on any atom is -0.326 e. The van der Waals surface area contributed by atoms with Gasteiger partial charge in [-0.2, -0.15) is 4.31 Å². The Bertz CT molecular complexity index is 636. The maximum Gasteiger partial charge on any atom is 0.246 e. The van der Waals surface area contributed by atoms with Crippen LogP contribution in [0.3, 0.4) is 0 Å². The molecule has 2 unspecified atom stereocenters. The molecule has 1 aromatic rings. The van der Waals surface area contributed by atoms with Crippen LogP contribution in [0.2, 0.25) is 5.02 Å². The Morgan fingerprint density at radius 2 is 2.10 bits per heavy atom. The third kappa shape index (κ3) is 3.23. The number of piperidine rings is 1. The molecule has 0 aromatic heterocycles. The smallest absolute Gasteiger partial charge is 0.246 e. The number of benzene rings is 1. The number of sulfonamides is 1. The predicted molar refractivity (Wildman–Crippen MR) is 81.1 cm³/mol. The maximum absolute atomic E-state index is 14.4. The monoisotopic (exact) mass is 334 g/mol. The van der Waals surface area contributed by atoms with Crippen molar-refractivity contribution in [2.45, 2.75) is 44.2 Å². The second kappa shape index (κ2) is 6.20. The quantitative estimate of drug-likeness (QED) is 0.924. The van der Waals surface area contributed by atoms with E-state index in [2.05, 4.69) is 6.92 Å². The lowest BCUT2D eigenvalue weighted by Gasteiger charge is -2.35. The number of hydrogen-bond acceptors (Lipinski definition) is 3. The molecule has 1 aliphatic heterocycles. The topological polar surface area (TPSA) is 63.4 Å². The van der Waals surface area contributed by atoms with E-state index in [1.807, 2.05) is 6.92 Å². The van der Waals surface area contributed by atoms with Gasteiger partial charge in [-0.25, -0.2) is 12.8 Å². The minimum atomic E-state index is -3.90. The van der Waals surface area contributed by atoms with E-state index in [0.29, 0.717) is 12.5 Å². The normalized spacial score (nSPS) is 24.2. The molecule has 7 heteroatoms. The molecule has 2 rings (SSSR count). The highest BCUT2D eigenvalue weighted by molar-refractivity contribution is 7.89. The first-order valence-corrected chi connectivity index (χ1v) is 8.79. The molecule has 21 heavy (non-hydrogen) atoms.